The third-order valence-corrected chi connectivity index (χ3v) is 2.71. The first kappa shape index (κ1) is 11.7. The smallest absolute Gasteiger partial charge is 0.147 e. The van der Waals surface area contributed by atoms with Gasteiger partial charge in [-0.05, 0) is 18.6 Å². The van der Waals surface area contributed by atoms with Crippen LogP contribution in [0.15, 0.2) is 42.7 Å². The van der Waals surface area contributed by atoms with Crippen molar-refractivity contribution in [3.8, 4) is 0 Å². The minimum absolute atomic E-state index is 0.292. The zero-order chi connectivity index (χ0) is 12.3. The maximum atomic E-state index is 13.4. The number of benzene rings is 1. The van der Waals surface area contributed by atoms with Crippen LogP contribution in [0.1, 0.15) is 22.8 Å². The van der Waals surface area contributed by atoms with Crippen molar-refractivity contribution < 1.29 is 9.50 Å². The Bertz CT molecular complexity index is 496. The molecule has 0 amide bonds. The van der Waals surface area contributed by atoms with Crippen LogP contribution >= 0.6 is 0 Å². The van der Waals surface area contributed by atoms with Crippen LogP contribution in [0.5, 0.6) is 0 Å². The van der Waals surface area contributed by atoms with Crippen LogP contribution in [0.2, 0.25) is 0 Å². The van der Waals surface area contributed by atoms with Gasteiger partial charge in [-0.15, -0.1) is 0 Å². The van der Waals surface area contributed by atoms with Crippen LogP contribution in [0.3, 0.4) is 0 Å². The van der Waals surface area contributed by atoms with E-state index in [0.717, 1.165) is 11.8 Å². The molecule has 2 nitrogen and oxygen atoms in total. The van der Waals surface area contributed by atoms with Crippen molar-refractivity contribution in [1.82, 2.24) is 4.98 Å². The van der Waals surface area contributed by atoms with Crippen molar-refractivity contribution in [2.75, 3.05) is 0 Å². The van der Waals surface area contributed by atoms with Gasteiger partial charge >= 0.3 is 0 Å². The van der Waals surface area contributed by atoms with E-state index < -0.39 is 11.9 Å². The lowest BCUT2D eigenvalue weighted by Crippen LogP contribution is -2.04. The van der Waals surface area contributed by atoms with Gasteiger partial charge in [0.15, 0.2) is 0 Å². The van der Waals surface area contributed by atoms with Crippen LogP contribution in [0, 0.1) is 12.7 Å². The van der Waals surface area contributed by atoms with Crippen LogP contribution in [0.4, 0.5) is 4.39 Å². The van der Waals surface area contributed by atoms with Crippen molar-refractivity contribution in [2.24, 2.45) is 0 Å². The van der Waals surface area contributed by atoms with Gasteiger partial charge in [0.25, 0.3) is 0 Å². The molecule has 0 aliphatic carbocycles. The lowest BCUT2D eigenvalue weighted by Gasteiger charge is -2.11. The molecule has 0 spiro atoms. The van der Waals surface area contributed by atoms with Gasteiger partial charge < -0.3 is 5.11 Å². The number of hydrogen-bond donors (Lipinski definition) is 1. The lowest BCUT2D eigenvalue weighted by atomic mass is 10.0. The summed E-state index contributed by atoms with van der Waals surface area (Å²) in [5.41, 5.74) is 2.44. The summed E-state index contributed by atoms with van der Waals surface area (Å²) in [7, 11) is 0. The van der Waals surface area contributed by atoms with E-state index >= 15 is 0 Å². The van der Waals surface area contributed by atoms with Gasteiger partial charge in [-0.2, -0.15) is 0 Å². The molecule has 1 aromatic heterocycles. The number of aromatic nitrogens is 1. The normalized spacial score (nSPS) is 12.4. The highest BCUT2D eigenvalue weighted by atomic mass is 19.1. The lowest BCUT2D eigenvalue weighted by molar-refractivity contribution is 0.173. The van der Waals surface area contributed by atoms with Crippen molar-refractivity contribution in [3.63, 3.8) is 0 Å². The third kappa shape index (κ3) is 2.88. The largest absolute Gasteiger partial charge is 0.388 e. The van der Waals surface area contributed by atoms with Crippen molar-refractivity contribution >= 4 is 0 Å². The average molecular weight is 231 g/mol. The molecule has 0 radical (unpaired) electrons. The summed E-state index contributed by atoms with van der Waals surface area (Å²) < 4.78 is 13.4. The Hall–Kier alpha value is -1.74. The standard InChI is InChI=1S/C14H14FNO/c1-10-2-4-11(5-3-10)8-14(17)12-6-7-16-9-13(12)15/h2-7,9,14,17H,8H2,1H3. The highest BCUT2D eigenvalue weighted by molar-refractivity contribution is 5.24. The maximum absolute atomic E-state index is 13.4. The number of aliphatic hydroxyl groups is 1. The second-order valence-electron chi connectivity index (χ2n) is 4.10. The fourth-order valence-corrected chi connectivity index (χ4v) is 1.71. The van der Waals surface area contributed by atoms with Gasteiger partial charge in [-0.1, -0.05) is 29.8 Å². The molecule has 1 atom stereocenters. The average Bonchev–Trinajstić information content (AvgIpc) is 2.32. The van der Waals surface area contributed by atoms with E-state index in [4.69, 9.17) is 0 Å². The molecule has 1 aromatic carbocycles. The topological polar surface area (TPSA) is 33.1 Å². The first-order chi connectivity index (χ1) is 8.16. The Kier molecular flexibility index (Phi) is 3.49. The van der Waals surface area contributed by atoms with Crippen molar-refractivity contribution in [1.29, 1.82) is 0 Å². The second-order valence-corrected chi connectivity index (χ2v) is 4.10. The second kappa shape index (κ2) is 5.06. The highest BCUT2D eigenvalue weighted by Gasteiger charge is 2.12. The molecule has 2 aromatic rings. The van der Waals surface area contributed by atoms with Crippen molar-refractivity contribution in [3.05, 3.63) is 65.2 Å². The minimum atomic E-state index is -0.833. The predicted octanol–water partition coefficient (Wildman–Crippen LogP) is 2.81. The Balaban J connectivity index is 2.14. The van der Waals surface area contributed by atoms with E-state index in [1.165, 1.54) is 17.8 Å². The van der Waals surface area contributed by atoms with E-state index in [0.29, 0.717) is 12.0 Å². The number of rotatable bonds is 3. The van der Waals surface area contributed by atoms with Gasteiger partial charge in [0.05, 0.1) is 12.3 Å². The SMILES string of the molecule is Cc1ccc(CC(O)c2ccncc2F)cc1. The number of pyridine rings is 1. The molecule has 0 saturated carbocycles. The van der Waals surface area contributed by atoms with Crippen LogP contribution in [-0.4, -0.2) is 10.1 Å². The summed E-state index contributed by atoms with van der Waals surface area (Å²) in [5.74, 6) is -0.466. The van der Waals surface area contributed by atoms with Gasteiger partial charge in [0.2, 0.25) is 0 Å². The Labute approximate surface area is 99.8 Å². The molecule has 2 rings (SSSR count). The van der Waals surface area contributed by atoms with E-state index in [9.17, 15) is 9.50 Å². The number of aryl methyl sites for hydroxylation is 1. The summed E-state index contributed by atoms with van der Waals surface area (Å²) in [6, 6.07) is 9.35. The molecular weight excluding hydrogens is 217 g/mol. The van der Waals surface area contributed by atoms with E-state index in [2.05, 4.69) is 4.98 Å². The maximum Gasteiger partial charge on any atom is 0.147 e. The summed E-state index contributed by atoms with van der Waals surface area (Å²) in [5, 5.41) is 9.96. The number of hydrogen-bond acceptors (Lipinski definition) is 2. The fourth-order valence-electron chi connectivity index (χ4n) is 1.71. The molecule has 17 heavy (non-hydrogen) atoms. The number of aliphatic hydroxyl groups excluding tert-OH is 1. The highest BCUT2D eigenvalue weighted by Crippen LogP contribution is 2.20. The monoisotopic (exact) mass is 231 g/mol. The fraction of sp³-hybridized carbons (Fsp3) is 0.214. The van der Waals surface area contributed by atoms with E-state index in [1.54, 1.807) is 0 Å². The molecule has 0 aliphatic heterocycles. The van der Waals surface area contributed by atoms with Crippen molar-refractivity contribution in [2.45, 2.75) is 19.4 Å². The number of halogens is 1. The van der Waals surface area contributed by atoms with Gasteiger partial charge in [0.1, 0.15) is 5.82 Å². The molecule has 0 bridgehead atoms. The number of nitrogens with zero attached hydrogens (tertiary/aromatic N) is 1. The summed E-state index contributed by atoms with van der Waals surface area (Å²) in [6.07, 6.45) is 2.17. The van der Waals surface area contributed by atoms with E-state index in [-0.39, 0.29) is 0 Å². The first-order valence-electron chi connectivity index (χ1n) is 5.50. The minimum Gasteiger partial charge on any atom is -0.388 e. The van der Waals surface area contributed by atoms with Crippen LogP contribution in [0.25, 0.3) is 0 Å². The molecule has 0 fully saturated rings. The quantitative estimate of drug-likeness (QED) is 0.881. The molecule has 1 N–H and O–H groups in total. The van der Waals surface area contributed by atoms with Gasteiger partial charge in [-0.3, -0.25) is 4.98 Å². The zero-order valence-electron chi connectivity index (χ0n) is 9.60. The molecule has 0 saturated heterocycles. The predicted molar refractivity (Wildman–Crippen MR) is 64.0 cm³/mol. The molecule has 3 heteroatoms. The van der Waals surface area contributed by atoms with Gasteiger partial charge in [-0.25, -0.2) is 4.39 Å². The van der Waals surface area contributed by atoms with E-state index in [1.807, 2.05) is 31.2 Å². The molecule has 0 aliphatic rings. The molecule has 1 unspecified atom stereocenters. The van der Waals surface area contributed by atoms with Crippen LogP contribution in [-0.2, 0) is 6.42 Å². The molecular formula is C14H14FNO. The Morgan fingerprint density at radius 2 is 1.94 bits per heavy atom. The zero-order valence-corrected chi connectivity index (χ0v) is 9.60. The molecule has 1 heterocycles. The summed E-state index contributed by atoms with van der Waals surface area (Å²) in [6.45, 7) is 2.00. The summed E-state index contributed by atoms with van der Waals surface area (Å²) >= 11 is 0. The third-order valence-electron chi connectivity index (χ3n) is 2.71. The molecule has 88 valence electrons. The Morgan fingerprint density at radius 3 is 2.59 bits per heavy atom. The summed E-state index contributed by atoms with van der Waals surface area (Å²) in [4.78, 5) is 3.66. The first-order valence-corrected chi connectivity index (χ1v) is 5.50. The van der Waals surface area contributed by atoms with Gasteiger partial charge in [0, 0.05) is 18.2 Å². The Morgan fingerprint density at radius 1 is 1.24 bits per heavy atom. The van der Waals surface area contributed by atoms with Crippen LogP contribution < -0.4 is 0 Å².